The van der Waals surface area contributed by atoms with Crippen LogP contribution in [0, 0.1) is 0 Å². The molecule has 1 rings (SSSR count). The fraction of sp³-hybridized carbons (Fsp3) is 0.467. The summed E-state index contributed by atoms with van der Waals surface area (Å²) in [6.45, 7) is 8.19. The number of para-hydroxylation sites is 1. The number of rotatable bonds is 4. The molecule has 0 aliphatic heterocycles. The van der Waals surface area contributed by atoms with Gasteiger partial charge in [-0.3, -0.25) is 4.99 Å². The molecule has 0 aliphatic rings. The first-order valence-electron chi connectivity index (χ1n) is 6.99. The normalized spacial score (nSPS) is 11.6. The van der Waals surface area contributed by atoms with Crippen molar-refractivity contribution in [3.63, 3.8) is 0 Å². The lowest BCUT2D eigenvalue weighted by Crippen LogP contribution is -2.40. The Morgan fingerprint density at radius 3 is 2.25 bits per heavy atom. The summed E-state index contributed by atoms with van der Waals surface area (Å²) in [5, 5.41) is 6.63. The molecule has 0 aromatic heterocycles. The van der Waals surface area contributed by atoms with Crippen LogP contribution in [0.15, 0.2) is 23.2 Å². The van der Waals surface area contributed by atoms with Gasteiger partial charge in [0.05, 0.1) is 0 Å². The van der Waals surface area contributed by atoms with Crippen LogP contribution in [0.5, 0.6) is 0 Å². The second kappa shape index (κ2) is 7.85. The smallest absolute Gasteiger partial charge is 0.195 e. The van der Waals surface area contributed by atoms with Gasteiger partial charge in [0.1, 0.15) is 0 Å². The molecule has 110 valence electrons. The first kappa shape index (κ1) is 16.4. The number of hydrogen-bond acceptors (Lipinski definition) is 2. The molecule has 4 N–H and O–H groups in total. The number of nitrogens with one attached hydrogen (secondary N) is 2. The van der Waals surface area contributed by atoms with Crippen LogP contribution < -0.4 is 16.4 Å². The predicted molar refractivity (Wildman–Crippen MR) is 91.3 cm³/mol. The molecule has 0 aliphatic carbocycles. The largest absolute Gasteiger partial charge is 0.370 e. The molecule has 0 fully saturated rings. The summed E-state index contributed by atoms with van der Waals surface area (Å²) in [7, 11) is 0. The number of benzene rings is 1. The van der Waals surface area contributed by atoms with Crippen LogP contribution >= 0.6 is 12.2 Å². The Morgan fingerprint density at radius 2 is 1.80 bits per heavy atom. The molecular formula is C15H24N4S. The first-order chi connectivity index (χ1) is 9.47. The Balaban J connectivity index is 2.85. The van der Waals surface area contributed by atoms with E-state index in [9.17, 15) is 0 Å². The van der Waals surface area contributed by atoms with Gasteiger partial charge in [-0.25, -0.2) is 0 Å². The molecule has 0 heterocycles. The highest BCUT2D eigenvalue weighted by Gasteiger charge is 2.08. The number of nitrogens with two attached hydrogens (primary N) is 1. The molecular weight excluding hydrogens is 268 g/mol. The highest BCUT2D eigenvalue weighted by atomic mass is 32.1. The second-order valence-corrected chi connectivity index (χ2v) is 5.25. The summed E-state index contributed by atoms with van der Waals surface area (Å²) >= 11 is 5.30. The molecule has 1 aromatic rings. The van der Waals surface area contributed by atoms with Crippen molar-refractivity contribution in [3.05, 3.63) is 29.3 Å². The predicted octanol–water partition coefficient (Wildman–Crippen LogP) is 2.82. The maximum Gasteiger partial charge on any atom is 0.195 e. The maximum absolute atomic E-state index is 5.78. The summed E-state index contributed by atoms with van der Waals surface area (Å²) in [6.07, 6.45) is 1.91. The Hall–Kier alpha value is -1.62. The fourth-order valence-electron chi connectivity index (χ4n) is 1.97. The third-order valence-electron chi connectivity index (χ3n) is 2.88. The monoisotopic (exact) mass is 292 g/mol. The van der Waals surface area contributed by atoms with Gasteiger partial charge >= 0.3 is 0 Å². The Morgan fingerprint density at radius 1 is 1.25 bits per heavy atom. The summed E-state index contributed by atoms with van der Waals surface area (Å²) in [5.41, 5.74) is 9.34. The van der Waals surface area contributed by atoms with Gasteiger partial charge in [-0.2, -0.15) is 0 Å². The third-order valence-corrected chi connectivity index (χ3v) is 3.08. The number of aryl methyl sites for hydroxylation is 2. The molecule has 0 saturated carbocycles. The highest BCUT2D eigenvalue weighted by molar-refractivity contribution is 7.80. The van der Waals surface area contributed by atoms with E-state index in [4.69, 9.17) is 18.0 Å². The van der Waals surface area contributed by atoms with Crippen LogP contribution in [-0.4, -0.2) is 17.1 Å². The van der Waals surface area contributed by atoms with E-state index < -0.39 is 0 Å². The second-order valence-electron chi connectivity index (χ2n) is 4.85. The average molecular weight is 292 g/mol. The Bertz CT molecular complexity index is 472. The van der Waals surface area contributed by atoms with Crippen LogP contribution in [0.1, 0.15) is 38.8 Å². The lowest BCUT2D eigenvalue weighted by molar-refractivity contribution is 0.828. The van der Waals surface area contributed by atoms with E-state index in [0.29, 0.717) is 11.1 Å². The van der Waals surface area contributed by atoms with Crippen molar-refractivity contribution in [2.45, 2.75) is 46.6 Å². The quantitative estimate of drug-likeness (QED) is 0.454. The van der Waals surface area contributed by atoms with E-state index in [1.54, 1.807) is 0 Å². The van der Waals surface area contributed by atoms with Crippen molar-refractivity contribution in [1.82, 2.24) is 5.32 Å². The minimum absolute atomic E-state index is 0.138. The minimum Gasteiger partial charge on any atom is -0.370 e. The first-order valence-corrected chi connectivity index (χ1v) is 7.40. The van der Waals surface area contributed by atoms with Gasteiger partial charge in [0.2, 0.25) is 0 Å². The van der Waals surface area contributed by atoms with Gasteiger partial charge in [-0.1, -0.05) is 32.0 Å². The molecule has 20 heavy (non-hydrogen) atoms. The van der Waals surface area contributed by atoms with E-state index in [1.165, 1.54) is 11.1 Å². The van der Waals surface area contributed by atoms with Gasteiger partial charge < -0.3 is 16.4 Å². The van der Waals surface area contributed by atoms with E-state index >= 15 is 0 Å². The Kier molecular flexibility index (Phi) is 6.45. The molecule has 0 bridgehead atoms. The topological polar surface area (TPSA) is 62.4 Å². The van der Waals surface area contributed by atoms with Gasteiger partial charge in [0.25, 0.3) is 0 Å². The van der Waals surface area contributed by atoms with Crippen LogP contribution in [0.2, 0.25) is 0 Å². The van der Waals surface area contributed by atoms with Crippen molar-refractivity contribution in [2.75, 3.05) is 5.32 Å². The van der Waals surface area contributed by atoms with Crippen molar-refractivity contribution in [3.8, 4) is 0 Å². The van der Waals surface area contributed by atoms with Gasteiger partial charge in [0.15, 0.2) is 11.1 Å². The van der Waals surface area contributed by atoms with Crippen LogP contribution in [0.4, 0.5) is 5.69 Å². The number of anilines is 1. The molecule has 0 saturated heterocycles. The number of thiocarbonyl (C=S) groups is 1. The number of aliphatic imine (C=N–C) groups is 1. The fourth-order valence-corrected chi connectivity index (χ4v) is 2.18. The molecule has 0 unspecified atom stereocenters. The number of guanidine groups is 1. The van der Waals surface area contributed by atoms with E-state index in [1.807, 2.05) is 13.8 Å². The zero-order chi connectivity index (χ0) is 15.1. The Labute approximate surface area is 126 Å². The molecule has 0 amide bonds. The summed E-state index contributed by atoms with van der Waals surface area (Å²) < 4.78 is 0. The average Bonchev–Trinajstić information content (AvgIpc) is 2.37. The van der Waals surface area contributed by atoms with Crippen molar-refractivity contribution < 1.29 is 0 Å². The van der Waals surface area contributed by atoms with Gasteiger partial charge in [-0.15, -0.1) is 0 Å². The molecule has 4 nitrogen and oxygen atoms in total. The molecule has 0 spiro atoms. The summed E-state index contributed by atoms with van der Waals surface area (Å²) in [5.74, 6) is 0.338. The zero-order valence-corrected chi connectivity index (χ0v) is 13.5. The highest BCUT2D eigenvalue weighted by Crippen LogP contribution is 2.22. The standard InChI is InChI=1S/C15H24N4S/c1-5-11-8-7-9-12(6-2)13(11)18-15(20)19-14(16)17-10(3)4/h7-10H,5-6H2,1-4H3,(H4,16,17,18,19,20). The zero-order valence-electron chi connectivity index (χ0n) is 12.7. The number of hydrogen-bond donors (Lipinski definition) is 3. The maximum atomic E-state index is 5.78. The van der Waals surface area contributed by atoms with E-state index in [0.717, 1.165) is 18.5 Å². The van der Waals surface area contributed by atoms with Crippen LogP contribution in [0.25, 0.3) is 0 Å². The summed E-state index contributed by atoms with van der Waals surface area (Å²) in [6, 6.07) is 6.43. The minimum atomic E-state index is 0.138. The number of nitrogens with zero attached hydrogens (tertiary/aromatic N) is 1. The van der Waals surface area contributed by atoms with Crippen LogP contribution in [0.3, 0.4) is 0 Å². The summed E-state index contributed by atoms with van der Waals surface area (Å²) in [4.78, 5) is 4.20. The SMILES string of the molecule is CCc1cccc(CC)c1NC(=S)NC(N)=NC(C)C. The molecule has 0 atom stereocenters. The van der Waals surface area contributed by atoms with Crippen molar-refractivity contribution >= 4 is 29.0 Å². The molecule has 1 aromatic carbocycles. The van der Waals surface area contributed by atoms with Gasteiger partial charge in [-0.05, 0) is 50.0 Å². The van der Waals surface area contributed by atoms with E-state index in [-0.39, 0.29) is 6.04 Å². The van der Waals surface area contributed by atoms with E-state index in [2.05, 4.69) is 47.7 Å². The van der Waals surface area contributed by atoms with Crippen LogP contribution in [-0.2, 0) is 12.8 Å². The van der Waals surface area contributed by atoms with Crippen molar-refractivity contribution in [2.24, 2.45) is 10.7 Å². The molecule has 5 heteroatoms. The van der Waals surface area contributed by atoms with Crippen molar-refractivity contribution in [1.29, 1.82) is 0 Å². The lowest BCUT2D eigenvalue weighted by Gasteiger charge is -2.16. The van der Waals surface area contributed by atoms with Gasteiger partial charge in [0, 0.05) is 11.7 Å². The lowest BCUT2D eigenvalue weighted by atomic mass is 10.0. The third kappa shape index (κ3) is 4.81. The molecule has 0 radical (unpaired) electrons.